The first kappa shape index (κ1) is 22.8. The van der Waals surface area contributed by atoms with Crippen LogP contribution in [0.25, 0.3) is 5.69 Å². The van der Waals surface area contributed by atoms with E-state index in [1.807, 2.05) is 60.7 Å². The van der Waals surface area contributed by atoms with Gasteiger partial charge in [-0.3, -0.25) is 14.3 Å². The van der Waals surface area contributed by atoms with Gasteiger partial charge in [-0.05, 0) is 42.7 Å². The van der Waals surface area contributed by atoms with Crippen molar-refractivity contribution in [1.29, 1.82) is 0 Å². The number of rotatable bonds is 7. The van der Waals surface area contributed by atoms with Crippen molar-refractivity contribution >= 4 is 17.6 Å². The molecule has 34 heavy (non-hydrogen) atoms. The molecule has 4 rings (SSSR count). The third kappa shape index (κ3) is 4.83. The van der Waals surface area contributed by atoms with Gasteiger partial charge < -0.3 is 10.1 Å². The molecule has 4 aromatic rings. The Morgan fingerprint density at radius 1 is 0.882 bits per heavy atom. The number of nitrogens with zero attached hydrogens (tertiary/aromatic N) is 2. The highest BCUT2D eigenvalue weighted by molar-refractivity contribution is 5.96. The average molecular weight is 456 g/mol. The monoisotopic (exact) mass is 455 g/mol. The van der Waals surface area contributed by atoms with Crippen molar-refractivity contribution < 1.29 is 14.3 Å². The molecule has 0 saturated carbocycles. The van der Waals surface area contributed by atoms with Crippen molar-refractivity contribution in [2.24, 2.45) is 7.05 Å². The lowest BCUT2D eigenvalue weighted by Gasteiger charge is -2.10. The third-order valence-corrected chi connectivity index (χ3v) is 5.63. The van der Waals surface area contributed by atoms with Crippen LogP contribution in [0.15, 0.2) is 89.7 Å². The highest BCUT2D eigenvalue weighted by Gasteiger charge is 2.19. The van der Waals surface area contributed by atoms with Gasteiger partial charge in [0.25, 0.3) is 11.5 Å². The number of nitrogens with one attached hydrogen (secondary N) is 1. The van der Waals surface area contributed by atoms with Crippen LogP contribution in [0.3, 0.4) is 0 Å². The molecule has 0 saturated heterocycles. The van der Waals surface area contributed by atoms with Crippen LogP contribution >= 0.6 is 0 Å². The Hall–Kier alpha value is -4.39. The molecule has 0 fully saturated rings. The number of carbonyl (C=O) groups excluding carboxylic acids is 2. The number of aromatic nitrogens is 2. The average Bonchev–Trinajstić information content (AvgIpc) is 3.07. The molecule has 172 valence electrons. The lowest BCUT2D eigenvalue weighted by atomic mass is 10.00. The summed E-state index contributed by atoms with van der Waals surface area (Å²) in [6.45, 7) is 1.24. The van der Waals surface area contributed by atoms with E-state index in [1.165, 1.54) is 4.68 Å². The zero-order valence-corrected chi connectivity index (χ0v) is 19.0. The minimum atomic E-state index is -0.590. The van der Waals surface area contributed by atoms with Crippen molar-refractivity contribution in [2.75, 3.05) is 11.9 Å². The van der Waals surface area contributed by atoms with Crippen LogP contribution in [0, 0.1) is 6.92 Å². The normalized spacial score (nSPS) is 10.6. The molecule has 0 aliphatic heterocycles. The second-order valence-electron chi connectivity index (χ2n) is 7.88. The Kier molecular flexibility index (Phi) is 6.73. The van der Waals surface area contributed by atoms with Gasteiger partial charge in [0.1, 0.15) is 5.69 Å². The standard InChI is InChI=1S/C27H25N3O4/c1-19-25(26(32)30(29(19)2)22-14-7-4-8-15-22)28-24(31)18-34-27(33)23-16-10-9-13-21(23)17-20-11-5-3-6-12-20/h3-16H,17-18H2,1-2H3,(H,28,31). The van der Waals surface area contributed by atoms with E-state index >= 15 is 0 Å². The molecule has 0 spiro atoms. The van der Waals surface area contributed by atoms with Crippen LogP contribution in [-0.4, -0.2) is 27.8 Å². The van der Waals surface area contributed by atoms with Crippen LogP contribution in [0.4, 0.5) is 5.69 Å². The van der Waals surface area contributed by atoms with E-state index in [1.54, 1.807) is 42.9 Å². The molecule has 1 amide bonds. The SMILES string of the molecule is Cc1c(NC(=O)COC(=O)c2ccccc2Cc2ccccc2)c(=O)n(-c2ccccc2)n1C. The highest BCUT2D eigenvalue weighted by atomic mass is 16.5. The summed E-state index contributed by atoms with van der Waals surface area (Å²) in [6.07, 6.45) is 0.570. The molecule has 0 radical (unpaired) electrons. The van der Waals surface area contributed by atoms with E-state index in [0.29, 0.717) is 23.4 Å². The molecule has 0 unspecified atom stereocenters. The maximum Gasteiger partial charge on any atom is 0.338 e. The lowest BCUT2D eigenvalue weighted by Crippen LogP contribution is -2.26. The number of hydrogen-bond donors (Lipinski definition) is 1. The van der Waals surface area contributed by atoms with Gasteiger partial charge in [-0.2, -0.15) is 0 Å². The fourth-order valence-electron chi connectivity index (χ4n) is 3.79. The van der Waals surface area contributed by atoms with Gasteiger partial charge in [0, 0.05) is 7.05 Å². The van der Waals surface area contributed by atoms with Crippen LogP contribution in [0.1, 0.15) is 27.2 Å². The molecule has 1 aromatic heterocycles. The highest BCUT2D eigenvalue weighted by Crippen LogP contribution is 2.16. The summed E-state index contributed by atoms with van der Waals surface area (Å²) < 4.78 is 8.41. The second kappa shape index (κ2) is 10.0. The number of para-hydroxylation sites is 1. The first-order chi connectivity index (χ1) is 16.5. The number of carbonyl (C=O) groups is 2. The molecular weight excluding hydrogens is 430 g/mol. The maximum atomic E-state index is 12.9. The Labute approximate surface area is 197 Å². The Balaban J connectivity index is 1.45. The minimum absolute atomic E-state index is 0.150. The molecular formula is C27H25N3O4. The number of anilines is 1. The molecule has 0 aliphatic rings. The van der Waals surface area contributed by atoms with Gasteiger partial charge in [-0.15, -0.1) is 0 Å². The van der Waals surface area contributed by atoms with Crippen LogP contribution < -0.4 is 10.9 Å². The van der Waals surface area contributed by atoms with Gasteiger partial charge in [0.15, 0.2) is 6.61 Å². The van der Waals surface area contributed by atoms with Gasteiger partial charge in [-0.25, -0.2) is 9.48 Å². The topological polar surface area (TPSA) is 82.3 Å². The van der Waals surface area contributed by atoms with E-state index in [9.17, 15) is 14.4 Å². The summed E-state index contributed by atoms with van der Waals surface area (Å²) in [4.78, 5) is 38.2. The minimum Gasteiger partial charge on any atom is -0.452 e. The zero-order chi connectivity index (χ0) is 24.1. The van der Waals surface area contributed by atoms with Crippen molar-refractivity contribution in [3.8, 4) is 5.69 Å². The van der Waals surface area contributed by atoms with Gasteiger partial charge in [0.2, 0.25) is 0 Å². The molecule has 7 nitrogen and oxygen atoms in total. The van der Waals surface area contributed by atoms with Crippen LogP contribution in [0.2, 0.25) is 0 Å². The zero-order valence-electron chi connectivity index (χ0n) is 19.0. The summed E-state index contributed by atoms with van der Waals surface area (Å²) >= 11 is 0. The number of amides is 1. The Bertz CT molecular complexity index is 1370. The summed E-state index contributed by atoms with van der Waals surface area (Å²) in [5.41, 5.74) is 3.33. The summed E-state index contributed by atoms with van der Waals surface area (Å²) in [5, 5.41) is 2.60. The molecule has 3 aromatic carbocycles. The van der Waals surface area contributed by atoms with E-state index in [2.05, 4.69) is 5.32 Å². The molecule has 7 heteroatoms. The second-order valence-corrected chi connectivity index (χ2v) is 7.88. The number of ether oxygens (including phenoxy) is 1. The van der Waals surface area contributed by atoms with Gasteiger partial charge in [0.05, 0.1) is 16.9 Å². The van der Waals surface area contributed by atoms with Crippen molar-refractivity contribution in [3.05, 3.63) is 118 Å². The Morgan fingerprint density at radius 2 is 1.50 bits per heavy atom. The third-order valence-electron chi connectivity index (χ3n) is 5.63. The van der Waals surface area contributed by atoms with E-state index in [4.69, 9.17) is 4.74 Å². The predicted molar refractivity (Wildman–Crippen MR) is 130 cm³/mol. The Morgan fingerprint density at radius 3 is 2.21 bits per heavy atom. The molecule has 0 aliphatic carbocycles. The summed E-state index contributed by atoms with van der Waals surface area (Å²) in [7, 11) is 1.74. The lowest BCUT2D eigenvalue weighted by molar-refractivity contribution is -0.119. The van der Waals surface area contributed by atoms with Crippen molar-refractivity contribution in [2.45, 2.75) is 13.3 Å². The molecule has 1 heterocycles. The predicted octanol–water partition coefficient (Wildman–Crippen LogP) is 3.87. The van der Waals surface area contributed by atoms with Gasteiger partial charge >= 0.3 is 5.97 Å². The molecule has 1 N–H and O–H groups in total. The van der Waals surface area contributed by atoms with Gasteiger partial charge in [-0.1, -0.05) is 66.7 Å². The van der Waals surface area contributed by atoms with E-state index in [0.717, 1.165) is 11.1 Å². The smallest absolute Gasteiger partial charge is 0.338 e. The number of benzene rings is 3. The number of esters is 1. The van der Waals surface area contributed by atoms with E-state index in [-0.39, 0.29) is 11.2 Å². The fraction of sp³-hybridized carbons (Fsp3) is 0.148. The fourth-order valence-corrected chi connectivity index (χ4v) is 3.79. The summed E-state index contributed by atoms with van der Waals surface area (Å²) in [5.74, 6) is -1.17. The molecule has 0 bridgehead atoms. The first-order valence-corrected chi connectivity index (χ1v) is 10.9. The largest absolute Gasteiger partial charge is 0.452 e. The van der Waals surface area contributed by atoms with Crippen LogP contribution in [-0.2, 0) is 23.0 Å². The quantitative estimate of drug-likeness (QED) is 0.429. The van der Waals surface area contributed by atoms with Crippen molar-refractivity contribution in [1.82, 2.24) is 9.36 Å². The first-order valence-electron chi connectivity index (χ1n) is 10.9. The number of hydrogen-bond acceptors (Lipinski definition) is 4. The van der Waals surface area contributed by atoms with E-state index < -0.39 is 18.5 Å². The van der Waals surface area contributed by atoms with Crippen LogP contribution in [0.5, 0.6) is 0 Å². The summed E-state index contributed by atoms with van der Waals surface area (Å²) in [6, 6.07) is 26.1. The molecule has 0 atom stereocenters. The maximum absolute atomic E-state index is 12.9. The van der Waals surface area contributed by atoms with Crippen molar-refractivity contribution in [3.63, 3.8) is 0 Å².